The first kappa shape index (κ1) is 15.8. The lowest BCUT2D eigenvalue weighted by atomic mass is 9.95. The van der Waals surface area contributed by atoms with Crippen LogP contribution in [0.15, 0.2) is 10.6 Å². The van der Waals surface area contributed by atoms with Gasteiger partial charge in [-0.05, 0) is 45.2 Å². The average Bonchev–Trinajstić information content (AvgIpc) is 3.16. The number of piperidine rings is 1. The van der Waals surface area contributed by atoms with E-state index in [1.807, 2.05) is 0 Å². The number of hydrogen-bond acceptors (Lipinski definition) is 5. The third-order valence-electron chi connectivity index (χ3n) is 5.44. The van der Waals surface area contributed by atoms with Crippen molar-refractivity contribution in [2.45, 2.75) is 70.9 Å². The average molecular weight is 329 g/mol. The van der Waals surface area contributed by atoms with Gasteiger partial charge in [0.05, 0.1) is 12.2 Å². The van der Waals surface area contributed by atoms with E-state index in [0.717, 1.165) is 63.3 Å². The summed E-state index contributed by atoms with van der Waals surface area (Å²) in [4.78, 5) is 2.47. The van der Waals surface area contributed by atoms with Gasteiger partial charge in [-0.25, -0.2) is 0 Å². The van der Waals surface area contributed by atoms with Crippen molar-refractivity contribution in [3.8, 4) is 0 Å². The zero-order valence-corrected chi connectivity index (χ0v) is 14.6. The van der Waals surface area contributed by atoms with Crippen LogP contribution in [-0.4, -0.2) is 37.9 Å². The number of hydrogen-bond donors (Lipinski definition) is 0. The Morgan fingerprint density at radius 3 is 2.79 bits per heavy atom. The van der Waals surface area contributed by atoms with Gasteiger partial charge in [-0.3, -0.25) is 4.90 Å². The highest BCUT2D eigenvalue weighted by atomic mass is 16.5. The van der Waals surface area contributed by atoms with Crippen LogP contribution in [0.25, 0.3) is 0 Å². The second kappa shape index (κ2) is 7.05. The molecule has 4 heterocycles. The number of fused-ring (bicyclic) bond motifs is 1. The van der Waals surface area contributed by atoms with Gasteiger partial charge >= 0.3 is 0 Å². The van der Waals surface area contributed by atoms with Crippen molar-refractivity contribution in [2.24, 2.45) is 0 Å². The highest BCUT2D eigenvalue weighted by Gasteiger charge is 2.27. The molecule has 0 radical (unpaired) electrons. The van der Waals surface area contributed by atoms with Gasteiger partial charge in [0, 0.05) is 24.9 Å². The fraction of sp³-hybridized carbons (Fsp3) is 0.722. The van der Waals surface area contributed by atoms with Crippen molar-refractivity contribution in [2.75, 3.05) is 13.1 Å². The molecule has 0 N–H and O–H groups in total. The van der Waals surface area contributed by atoms with Crippen LogP contribution < -0.4 is 0 Å². The van der Waals surface area contributed by atoms with Crippen molar-refractivity contribution in [1.82, 2.24) is 24.8 Å². The summed E-state index contributed by atoms with van der Waals surface area (Å²) in [6.07, 6.45) is 8.19. The second-order valence-corrected chi connectivity index (χ2v) is 7.13. The van der Waals surface area contributed by atoms with Gasteiger partial charge in [-0.2, -0.15) is 0 Å². The summed E-state index contributed by atoms with van der Waals surface area (Å²) in [5, 5.41) is 13.1. The molecular formula is C18H27N5O. The number of rotatable bonds is 4. The van der Waals surface area contributed by atoms with E-state index in [1.165, 1.54) is 30.9 Å². The summed E-state index contributed by atoms with van der Waals surface area (Å²) in [6.45, 7) is 6.27. The van der Waals surface area contributed by atoms with Crippen molar-refractivity contribution >= 4 is 0 Å². The fourth-order valence-electron chi connectivity index (χ4n) is 3.98. The minimum atomic E-state index is 0.557. The normalized spacial score (nSPS) is 20.0. The molecular weight excluding hydrogens is 302 g/mol. The van der Waals surface area contributed by atoms with Crippen LogP contribution in [0.4, 0.5) is 0 Å². The molecule has 1 saturated heterocycles. The molecule has 0 spiro atoms. The molecule has 0 aliphatic carbocycles. The molecule has 130 valence electrons. The zero-order chi connectivity index (χ0) is 16.4. The van der Waals surface area contributed by atoms with E-state index in [2.05, 4.69) is 37.8 Å². The maximum Gasteiger partial charge on any atom is 0.150 e. The number of aromatic nitrogens is 4. The monoisotopic (exact) mass is 329 g/mol. The highest BCUT2D eigenvalue weighted by molar-refractivity contribution is 5.07. The summed E-state index contributed by atoms with van der Waals surface area (Å²) in [5.41, 5.74) is 1.05. The molecule has 6 nitrogen and oxygen atoms in total. The van der Waals surface area contributed by atoms with Crippen molar-refractivity contribution in [3.63, 3.8) is 0 Å². The van der Waals surface area contributed by atoms with Crippen LogP contribution in [0.2, 0.25) is 0 Å². The van der Waals surface area contributed by atoms with E-state index in [1.54, 1.807) is 0 Å². The standard InChI is InChI=1S/C18H27N5O/c1-2-15-12-16(24-21-15)13-22-10-7-14(8-11-22)18-20-19-17-6-4-3-5-9-23(17)18/h12,14H,2-11,13H2,1H3. The Balaban J connectivity index is 1.37. The van der Waals surface area contributed by atoms with Crippen molar-refractivity contribution in [1.29, 1.82) is 0 Å². The largest absolute Gasteiger partial charge is 0.360 e. The Morgan fingerprint density at radius 1 is 1.12 bits per heavy atom. The number of likely N-dealkylation sites (tertiary alicyclic amines) is 1. The Hall–Kier alpha value is -1.69. The summed E-state index contributed by atoms with van der Waals surface area (Å²) < 4.78 is 7.84. The fourth-order valence-corrected chi connectivity index (χ4v) is 3.98. The lowest BCUT2D eigenvalue weighted by Crippen LogP contribution is -2.33. The molecule has 0 aromatic carbocycles. The quantitative estimate of drug-likeness (QED) is 0.863. The first-order chi connectivity index (χ1) is 11.8. The summed E-state index contributed by atoms with van der Waals surface area (Å²) in [7, 11) is 0. The predicted molar refractivity (Wildman–Crippen MR) is 90.7 cm³/mol. The van der Waals surface area contributed by atoms with Crippen molar-refractivity contribution < 1.29 is 4.52 Å². The van der Waals surface area contributed by atoms with Gasteiger partial charge in [0.25, 0.3) is 0 Å². The van der Waals surface area contributed by atoms with Crippen LogP contribution >= 0.6 is 0 Å². The first-order valence-corrected chi connectivity index (χ1v) is 9.42. The molecule has 2 aromatic heterocycles. The highest BCUT2D eigenvalue weighted by Crippen LogP contribution is 2.29. The molecule has 0 amide bonds. The van der Waals surface area contributed by atoms with Gasteiger partial charge < -0.3 is 9.09 Å². The van der Waals surface area contributed by atoms with Crippen LogP contribution in [0.1, 0.15) is 68.0 Å². The Morgan fingerprint density at radius 2 is 2.00 bits per heavy atom. The molecule has 24 heavy (non-hydrogen) atoms. The van der Waals surface area contributed by atoms with Crippen LogP contribution in [-0.2, 0) is 25.9 Å². The van der Waals surface area contributed by atoms with Gasteiger partial charge in [-0.15, -0.1) is 10.2 Å². The second-order valence-electron chi connectivity index (χ2n) is 7.13. The van der Waals surface area contributed by atoms with Crippen LogP contribution in [0.5, 0.6) is 0 Å². The molecule has 0 saturated carbocycles. The summed E-state index contributed by atoms with van der Waals surface area (Å²) in [5.74, 6) is 3.99. The molecule has 0 atom stereocenters. The lowest BCUT2D eigenvalue weighted by molar-refractivity contribution is 0.180. The third-order valence-corrected chi connectivity index (χ3v) is 5.44. The number of nitrogens with zero attached hydrogens (tertiary/aromatic N) is 5. The van der Waals surface area contributed by atoms with E-state index in [4.69, 9.17) is 4.52 Å². The van der Waals surface area contributed by atoms with E-state index in [-0.39, 0.29) is 0 Å². The molecule has 6 heteroatoms. The van der Waals surface area contributed by atoms with Gasteiger partial charge in [0.2, 0.25) is 0 Å². The molecule has 0 bridgehead atoms. The zero-order valence-electron chi connectivity index (χ0n) is 14.6. The van der Waals surface area contributed by atoms with Crippen LogP contribution in [0.3, 0.4) is 0 Å². The molecule has 0 unspecified atom stereocenters. The lowest BCUT2D eigenvalue weighted by Gasteiger charge is -2.30. The Kier molecular flexibility index (Phi) is 4.65. The Labute approximate surface area is 143 Å². The molecule has 2 aliphatic rings. The number of aryl methyl sites for hydroxylation is 2. The predicted octanol–water partition coefficient (Wildman–Crippen LogP) is 2.93. The molecule has 4 rings (SSSR count). The van der Waals surface area contributed by atoms with E-state index in [9.17, 15) is 0 Å². The summed E-state index contributed by atoms with van der Waals surface area (Å²) >= 11 is 0. The first-order valence-electron chi connectivity index (χ1n) is 9.42. The van der Waals surface area contributed by atoms with E-state index in [0.29, 0.717) is 5.92 Å². The maximum absolute atomic E-state index is 5.43. The minimum Gasteiger partial charge on any atom is -0.360 e. The van der Waals surface area contributed by atoms with E-state index < -0.39 is 0 Å². The Bertz CT molecular complexity index is 669. The smallest absolute Gasteiger partial charge is 0.150 e. The molecule has 2 aliphatic heterocycles. The summed E-state index contributed by atoms with van der Waals surface area (Å²) in [6, 6.07) is 2.09. The van der Waals surface area contributed by atoms with Crippen LogP contribution in [0, 0.1) is 0 Å². The van der Waals surface area contributed by atoms with Crippen molar-refractivity contribution in [3.05, 3.63) is 29.2 Å². The minimum absolute atomic E-state index is 0.557. The third kappa shape index (κ3) is 3.24. The van der Waals surface area contributed by atoms with Gasteiger partial charge in [-0.1, -0.05) is 18.5 Å². The van der Waals surface area contributed by atoms with Gasteiger partial charge in [0.1, 0.15) is 11.6 Å². The van der Waals surface area contributed by atoms with Gasteiger partial charge in [0.15, 0.2) is 5.76 Å². The maximum atomic E-state index is 5.43. The molecule has 1 fully saturated rings. The topological polar surface area (TPSA) is 60.0 Å². The van der Waals surface area contributed by atoms with E-state index >= 15 is 0 Å². The SMILES string of the molecule is CCc1cc(CN2CCC(c3nnc4n3CCCCC4)CC2)on1. The molecule has 2 aromatic rings.